The second kappa shape index (κ2) is 11.2. The van der Waals surface area contributed by atoms with Gasteiger partial charge in [-0.15, -0.1) is 0 Å². The van der Waals surface area contributed by atoms with Crippen LogP contribution in [0, 0.1) is 13.8 Å². The summed E-state index contributed by atoms with van der Waals surface area (Å²) in [5.74, 6) is -0.888. The van der Waals surface area contributed by atoms with E-state index >= 15 is 0 Å². The van der Waals surface area contributed by atoms with Crippen LogP contribution in [0.2, 0.25) is 0 Å². The molecule has 2 fully saturated rings. The zero-order valence-corrected chi connectivity index (χ0v) is 23.6. The normalized spacial score (nSPS) is 19.7. The van der Waals surface area contributed by atoms with Crippen molar-refractivity contribution < 1.29 is 9.59 Å². The Labute approximate surface area is 218 Å². The summed E-state index contributed by atoms with van der Waals surface area (Å²) < 4.78 is 0. The summed E-state index contributed by atoms with van der Waals surface area (Å²) in [5, 5.41) is 0. The van der Waals surface area contributed by atoms with Crippen molar-refractivity contribution in [1.82, 2.24) is 9.80 Å². The van der Waals surface area contributed by atoms with Crippen molar-refractivity contribution in [1.29, 1.82) is 0 Å². The Morgan fingerprint density at radius 2 is 1.17 bits per heavy atom. The van der Waals surface area contributed by atoms with Gasteiger partial charge in [0.2, 0.25) is 5.78 Å². The van der Waals surface area contributed by atoms with Crippen LogP contribution in [0.4, 0.5) is 5.69 Å². The third-order valence-electron chi connectivity index (χ3n) is 7.33. The van der Waals surface area contributed by atoms with E-state index in [9.17, 15) is 9.59 Å². The summed E-state index contributed by atoms with van der Waals surface area (Å²) in [6.07, 6.45) is 0.713. The molecule has 4 rings (SSSR count). The molecule has 2 aliphatic heterocycles. The van der Waals surface area contributed by atoms with Crippen molar-refractivity contribution in [2.24, 2.45) is 0 Å². The van der Waals surface area contributed by atoms with E-state index in [2.05, 4.69) is 61.8 Å². The fourth-order valence-electron chi connectivity index (χ4n) is 4.92. The lowest BCUT2D eigenvalue weighted by Gasteiger charge is -2.43. The summed E-state index contributed by atoms with van der Waals surface area (Å²) >= 11 is 0. The standard InChI is InChI=1S/C16H21NO2.C15H24N2/c1-11-5-7-12(8-6-11)13-9-10-17(16(2,3)4)15(19)14(13)18;1-13-5-7-14(8-6-13)16-9-11-17(12-10-16)15(2,3)4/h5-8,13H,9-10H2,1-4H3;5-8H,9-12H2,1-4H3. The van der Waals surface area contributed by atoms with Crippen LogP contribution in [-0.2, 0) is 9.59 Å². The number of amides is 1. The maximum absolute atomic E-state index is 12.3. The van der Waals surface area contributed by atoms with Crippen LogP contribution >= 0.6 is 0 Å². The van der Waals surface area contributed by atoms with E-state index in [1.54, 1.807) is 4.90 Å². The molecule has 2 aromatic carbocycles. The second-order valence-corrected chi connectivity index (χ2v) is 12.2. The van der Waals surface area contributed by atoms with Gasteiger partial charge in [0.15, 0.2) is 0 Å². The van der Waals surface area contributed by atoms with Crippen molar-refractivity contribution in [3.8, 4) is 0 Å². The number of likely N-dealkylation sites (tertiary alicyclic amines) is 1. The van der Waals surface area contributed by atoms with Crippen LogP contribution in [0.25, 0.3) is 0 Å². The number of hydrogen-bond donors (Lipinski definition) is 0. The molecule has 0 bridgehead atoms. The van der Waals surface area contributed by atoms with Crippen molar-refractivity contribution in [2.45, 2.75) is 78.8 Å². The average molecular weight is 492 g/mol. The smallest absolute Gasteiger partial charge is 0.291 e. The fourth-order valence-corrected chi connectivity index (χ4v) is 4.92. The quantitative estimate of drug-likeness (QED) is 0.514. The van der Waals surface area contributed by atoms with Gasteiger partial charge in [0.1, 0.15) is 0 Å². The highest BCUT2D eigenvalue weighted by Crippen LogP contribution is 2.29. The number of piperazine rings is 1. The molecule has 5 nitrogen and oxygen atoms in total. The highest BCUT2D eigenvalue weighted by molar-refractivity contribution is 6.38. The molecule has 0 aliphatic carbocycles. The minimum atomic E-state index is -0.343. The van der Waals surface area contributed by atoms with Gasteiger partial charge in [-0.1, -0.05) is 47.5 Å². The molecule has 2 aliphatic rings. The highest BCUT2D eigenvalue weighted by Gasteiger charge is 2.39. The topological polar surface area (TPSA) is 43.9 Å². The summed E-state index contributed by atoms with van der Waals surface area (Å²) in [6.45, 7) is 22.2. The van der Waals surface area contributed by atoms with Gasteiger partial charge in [0.25, 0.3) is 5.91 Å². The van der Waals surface area contributed by atoms with Crippen LogP contribution in [-0.4, -0.2) is 65.3 Å². The summed E-state index contributed by atoms with van der Waals surface area (Å²) in [5.41, 5.74) is 4.84. The Kier molecular flexibility index (Phi) is 8.66. The number of hydrogen-bond acceptors (Lipinski definition) is 4. The minimum Gasteiger partial charge on any atom is -0.369 e. The molecule has 196 valence electrons. The first kappa shape index (κ1) is 27.9. The lowest BCUT2D eigenvalue weighted by atomic mass is 9.86. The second-order valence-electron chi connectivity index (χ2n) is 12.2. The van der Waals surface area contributed by atoms with E-state index in [1.807, 2.05) is 52.0 Å². The Balaban J connectivity index is 0.000000202. The van der Waals surface area contributed by atoms with Gasteiger partial charge in [-0.2, -0.15) is 0 Å². The summed E-state index contributed by atoms with van der Waals surface area (Å²) in [4.78, 5) is 31.2. The third kappa shape index (κ3) is 6.97. The van der Waals surface area contributed by atoms with Gasteiger partial charge in [0, 0.05) is 49.5 Å². The Bertz CT molecular complexity index is 1020. The SMILES string of the molecule is Cc1ccc(C2CCN(C(C)(C)C)C(=O)C2=O)cc1.Cc1ccc(N2CCN(C(C)(C)C)CC2)cc1. The first-order valence-corrected chi connectivity index (χ1v) is 13.3. The van der Waals surface area contributed by atoms with E-state index in [0.717, 1.165) is 37.3 Å². The number of aryl methyl sites for hydroxylation is 2. The molecular weight excluding hydrogens is 446 g/mol. The first-order chi connectivity index (χ1) is 16.8. The van der Waals surface area contributed by atoms with Crippen LogP contribution < -0.4 is 4.90 Å². The van der Waals surface area contributed by atoms with E-state index < -0.39 is 0 Å². The minimum absolute atomic E-state index is 0.272. The van der Waals surface area contributed by atoms with E-state index in [-0.39, 0.29) is 23.1 Å². The van der Waals surface area contributed by atoms with Gasteiger partial charge < -0.3 is 9.80 Å². The van der Waals surface area contributed by atoms with Crippen molar-refractivity contribution >= 4 is 17.4 Å². The molecule has 0 spiro atoms. The monoisotopic (exact) mass is 491 g/mol. The number of benzene rings is 2. The lowest BCUT2D eigenvalue weighted by Crippen LogP contribution is -2.53. The van der Waals surface area contributed by atoms with E-state index in [0.29, 0.717) is 18.5 Å². The molecule has 2 heterocycles. The Morgan fingerprint density at radius 3 is 1.64 bits per heavy atom. The summed E-state index contributed by atoms with van der Waals surface area (Å²) in [6, 6.07) is 16.8. The van der Waals surface area contributed by atoms with Crippen LogP contribution in [0.5, 0.6) is 0 Å². The van der Waals surface area contributed by atoms with Crippen molar-refractivity contribution in [2.75, 3.05) is 37.6 Å². The van der Waals surface area contributed by atoms with Gasteiger partial charge in [0.05, 0.1) is 5.92 Å². The van der Waals surface area contributed by atoms with Crippen LogP contribution in [0.3, 0.4) is 0 Å². The zero-order valence-electron chi connectivity index (χ0n) is 23.6. The Hall–Kier alpha value is -2.66. The predicted molar refractivity (Wildman–Crippen MR) is 150 cm³/mol. The molecule has 1 unspecified atom stereocenters. The number of carbonyl (C=O) groups excluding carboxylic acids is 2. The van der Waals surface area contributed by atoms with Crippen LogP contribution in [0.15, 0.2) is 48.5 Å². The van der Waals surface area contributed by atoms with Gasteiger partial charge in [-0.3, -0.25) is 14.5 Å². The number of carbonyl (C=O) groups is 2. The number of ketones is 1. The predicted octanol–water partition coefficient (Wildman–Crippen LogP) is 5.59. The molecule has 0 aromatic heterocycles. The van der Waals surface area contributed by atoms with E-state index in [1.165, 1.54) is 11.3 Å². The molecule has 1 amide bonds. The molecule has 5 heteroatoms. The number of rotatable bonds is 2. The third-order valence-corrected chi connectivity index (χ3v) is 7.33. The first-order valence-electron chi connectivity index (χ1n) is 13.3. The largest absolute Gasteiger partial charge is 0.369 e. The average Bonchev–Trinajstić information content (AvgIpc) is 2.81. The number of piperidine rings is 1. The van der Waals surface area contributed by atoms with Gasteiger partial charge >= 0.3 is 0 Å². The number of nitrogens with zero attached hydrogens (tertiary/aromatic N) is 3. The maximum Gasteiger partial charge on any atom is 0.291 e. The van der Waals surface area contributed by atoms with Gasteiger partial charge in [-0.25, -0.2) is 0 Å². The van der Waals surface area contributed by atoms with E-state index in [4.69, 9.17) is 0 Å². The highest BCUT2D eigenvalue weighted by atomic mass is 16.2. The van der Waals surface area contributed by atoms with Crippen molar-refractivity contribution in [3.05, 3.63) is 65.2 Å². The number of anilines is 1. The maximum atomic E-state index is 12.3. The lowest BCUT2D eigenvalue weighted by molar-refractivity contribution is -0.151. The molecule has 2 saturated heterocycles. The molecule has 0 radical (unpaired) electrons. The molecule has 0 saturated carbocycles. The molecule has 1 atom stereocenters. The molecule has 2 aromatic rings. The zero-order chi connectivity index (χ0) is 26.7. The molecular formula is C31H45N3O2. The Morgan fingerprint density at radius 1 is 0.667 bits per heavy atom. The summed E-state index contributed by atoms with van der Waals surface area (Å²) in [7, 11) is 0. The van der Waals surface area contributed by atoms with Crippen molar-refractivity contribution in [3.63, 3.8) is 0 Å². The number of Topliss-reactive ketones (excluding diaryl/α,β-unsaturated/α-hetero) is 1. The molecule has 0 N–H and O–H groups in total. The van der Waals surface area contributed by atoms with Crippen LogP contribution in [0.1, 0.15) is 70.6 Å². The van der Waals surface area contributed by atoms with Gasteiger partial charge in [-0.05, 0) is 79.5 Å². The molecule has 36 heavy (non-hydrogen) atoms. The fraction of sp³-hybridized carbons (Fsp3) is 0.548.